The van der Waals surface area contributed by atoms with Crippen molar-refractivity contribution in [2.24, 2.45) is 10.7 Å². The Balaban J connectivity index is 1.31. The number of rotatable bonds is 9. The number of methoxy groups -OCH3 is 1. The Morgan fingerprint density at radius 3 is 2.65 bits per heavy atom. The first-order chi connectivity index (χ1) is 19.4. The number of piperidine rings is 1. The number of pyridine rings is 2. The summed E-state index contributed by atoms with van der Waals surface area (Å²) in [6.07, 6.45) is 11.3. The summed E-state index contributed by atoms with van der Waals surface area (Å²) < 4.78 is 5.54. The van der Waals surface area contributed by atoms with Crippen LogP contribution in [0.3, 0.4) is 0 Å². The van der Waals surface area contributed by atoms with Crippen molar-refractivity contribution in [1.82, 2.24) is 14.9 Å². The molecule has 0 saturated carbocycles. The SMILES string of the molecule is C=C(C=N/C(C)=C\C)CN1C2CC1CN(c1ccc(-c3cc(N4CCC(OC)C4)cnc3C(C#N)=CN)cn1)C2. The van der Waals surface area contributed by atoms with E-state index in [-0.39, 0.29) is 6.10 Å². The van der Waals surface area contributed by atoms with Crippen LogP contribution in [0.2, 0.25) is 0 Å². The molecule has 4 aliphatic rings. The van der Waals surface area contributed by atoms with Crippen LogP contribution in [0.1, 0.15) is 32.4 Å². The van der Waals surface area contributed by atoms with Crippen LogP contribution in [0.4, 0.5) is 11.5 Å². The zero-order valence-corrected chi connectivity index (χ0v) is 23.6. The van der Waals surface area contributed by atoms with E-state index >= 15 is 0 Å². The molecule has 0 aromatic carbocycles. The minimum atomic E-state index is 0.211. The predicted octanol–water partition coefficient (Wildman–Crippen LogP) is 4.01. The molecule has 3 atom stereocenters. The van der Waals surface area contributed by atoms with E-state index < -0.39 is 0 Å². The first-order valence-corrected chi connectivity index (χ1v) is 13.9. The topological polar surface area (TPSA) is 107 Å². The second-order valence-electron chi connectivity index (χ2n) is 10.7. The molecule has 0 spiro atoms. The molecule has 2 N–H and O–H groups in total. The molecule has 9 nitrogen and oxygen atoms in total. The van der Waals surface area contributed by atoms with E-state index in [9.17, 15) is 5.26 Å². The second-order valence-corrected chi connectivity index (χ2v) is 10.7. The van der Waals surface area contributed by atoms with Gasteiger partial charge in [-0.25, -0.2) is 4.98 Å². The standard InChI is InChI=1S/C31H38N8O/c1-5-22(3)34-14-21(2)17-39-26-10-27(39)19-38(18-26)30-7-6-23(15-35-30)29-11-25(37-9-8-28(20-37)40-4)16-36-31(29)24(12-32)13-33/h5-7,11-12,14-16,26-28H,2,8-10,17-20,32H2,1,3-4H3/b22-5-,24-12?,34-14?. The highest BCUT2D eigenvalue weighted by Gasteiger charge is 2.44. The predicted molar refractivity (Wildman–Crippen MR) is 161 cm³/mol. The summed E-state index contributed by atoms with van der Waals surface area (Å²) in [6, 6.07) is 9.38. The van der Waals surface area contributed by atoms with E-state index in [2.05, 4.69) is 55.5 Å². The zero-order chi connectivity index (χ0) is 28.2. The number of aromatic nitrogens is 2. The van der Waals surface area contributed by atoms with E-state index in [1.165, 1.54) is 12.6 Å². The van der Waals surface area contributed by atoms with Crippen molar-refractivity contribution < 1.29 is 4.74 Å². The molecule has 208 valence electrons. The van der Waals surface area contributed by atoms with Crippen LogP contribution in [0.25, 0.3) is 16.7 Å². The molecule has 6 rings (SSSR count). The third-order valence-corrected chi connectivity index (χ3v) is 8.24. The Morgan fingerprint density at radius 2 is 2.02 bits per heavy atom. The van der Waals surface area contributed by atoms with Crippen molar-refractivity contribution in [3.05, 3.63) is 66.4 Å². The molecule has 40 heavy (non-hydrogen) atoms. The number of anilines is 2. The first kappa shape index (κ1) is 27.6. The van der Waals surface area contributed by atoms with Crippen molar-refractivity contribution in [3.63, 3.8) is 0 Å². The van der Waals surface area contributed by atoms with Crippen LogP contribution < -0.4 is 15.5 Å². The van der Waals surface area contributed by atoms with Gasteiger partial charge in [0.1, 0.15) is 11.9 Å². The van der Waals surface area contributed by atoms with Gasteiger partial charge in [0.2, 0.25) is 0 Å². The summed E-state index contributed by atoms with van der Waals surface area (Å²) >= 11 is 0. The quantitative estimate of drug-likeness (QED) is 0.377. The molecule has 2 aromatic heterocycles. The largest absolute Gasteiger partial charge is 0.403 e. The van der Waals surface area contributed by atoms with E-state index in [1.807, 2.05) is 38.5 Å². The van der Waals surface area contributed by atoms with Crippen molar-refractivity contribution >= 4 is 23.3 Å². The maximum atomic E-state index is 9.68. The van der Waals surface area contributed by atoms with Crippen LogP contribution in [0.5, 0.6) is 0 Å². The smallest absolute Gasteiger partial charge is 0.128 e. The summed E-state index contributed by atoms with van der Waals surface area (Å²) in [4.78, 5) is 21.1. The van der Waals surface area contributed by atoms with E-state index in [0.29, 0.717) is 23.4 Å². The fourth-order valence-electron chi connectivity index (χ4n) is 5.79. The van der Waals surface area contributed by atoms with Gasteiger partial charge in [0, 0.05) is 87.4 Å². The molecule has 4 aliphatic heterocycles. The molecule has 2 aromatic rings. The lowest BCUT2D eigenvalue weighted by atomic mass is 9.87. The number of aliphatic imine (C=N–C) groups is 1. The van der Waals surface area contributed by atoms with E-state index in [1.54, 1.807) is 7.11 Å². The molecule has 4 saturated heterocycles. The third kappa shape index (κ3) is 5.64. The average molecular weight is 539 g/mol. The number of hydrogen-bond donors (Lipinski definition) is 1. The fraction of sp³-hybridized carbons (Fsp3) is 0.419. The fourth-order valence-corrected chi connectivity index (χ4v) is 5.79. The number of allylic oxidation sites excluding steroid dienone is 3. The minimum Gasteiger partial charge on any atom is -0.403 e. The number of ether oxygens (including phenoxy) is 1. The van der Waals surface area contributed by atoms with Crippen molar-refractivity contribution in [2.45, 2.75) is 44.9 Å². The monoisotopic (exact) mass is 538 g/mol. The summed E-state index contributed by atoms with van der Waals surface area (Å²) in [5.74, 6) is 0.963. The van der Waals surface area contributed by atoms with Crippen LogP contribution in [-0.2, 0) is 4.74 Å². The number of fused-ring (bicyclic) bond motifs is 2. The average Bonchev–Trinajstić information content (AvgIpc) is 3.49. The second kappa shape index (κ2) is 12.0. The molecule has 0 aliphatic carbocycles. The highest BCUT2D eigenvalue weighted by molar-refractivity contribution is 5.86. The van der Waals surface area contributed by atoms with Gasteiger partial charge in [0.15, 0.2) is 0 Å². The van der Waals surface area contributed by atoms with Crippen molar-refractivity contribution in [3.8, 4) is 17.2 Å². The number of nitrogens with zero attached hydrogens (tertiary/aromatic N) is 7. The number of piperazine rings is 1. The lowest BCUT2D eigenvalue weighted by Gasteiger charge is -2.56. The lowest BCUT2D eigenvalue weighted by molar-refractivity contribution is 0.00946. The van der Waals surface area contributed by atoms with Gasteiger partial charge in [-0.1, -0.05) is 12.7 Å². The molecule has 6 heterocycles. The highest BCUT2D eigenvalue weighted by Crippen LogP contribution is 2.36. The first-order valence-electron chi connectivity index (χ1n) is 13.9. The number of nitriles is 1. The van der Waals surface area contributed by atoms with Gasteiger partial charge < -0.3 is 20.3 Å². The molecule has 0 amide bonds. The van der Waals surface area contributed by atoms with Gasteiger partial charge >= 0.3 is 0 Å². The molecule has 9 heteroatoms. The molecule has 4 fully saturated rings. The minimum absolute atomic E-state index is 0.211. The highest BCUT2D eigenvalue weighted by atomic mass is 16.5. The molecule has 0 radical (unpaired) electrons. The Hall–Kier alpha value is -4.00. The van der Waals surface area contributed by atoms with Gasteiger partial charge in [-0.05, 0) is 50.5 Å². The summed E-state index contributed by atoms with van der Waals surface area (Å²) in [5.41, 5.74) is 11.5. The molecule has 3 unspecified atom stereocenters. The number of nitrogens with two attached hydrogens (primary N) is 1. The van der Waals surface area contributed by atoms with Gasteiger partial charge in [0.05, 0.1) is 29.3 Å². The van der Waals surface area contributed by atoms with Crippen LogP contribution in [0, 0.1) is 11.3 Å². The molecule has 2 bridgehead atoms. The van der Waals surface area contributed by atoms with Crippen molar-refractivity contribution in [2.75, 3.05) is 49.6 Å². The van der Waals surface area contributed by atoms with E-state index in [0.717, 1.165) is 73.0 Å². The van der Waals surface area contributed by atoms with Gasteiger partial charge in [0.25, 0.3) is 0 Å². The Kier molecular flexibility index (Phi) is 8.29. The van der Waals surface area contributed by atoms with Gasteiger partial charge in [-0.3, -0.25) is 14.9 Å². The third-order valence-electron chi connectivity index (χ3n) is 8.24. The van der Waals surface area contributed by atoms with Gasteiger partial charge in [-0.15, -0.1) is 0 Å². The van der Waals surface area contributed by atoms with Crippen LogP contribution >= 0.6 is 0 Å². The Bertz CT molecular complexity index is 1360. The lowest BCUT2D eigenvalue weighted by Crippen LogP contribution is -2.69. The Labute approximate surface area is 237 Å². The maximum absolute atomic E-state index is 9.68. The van der Waals surface area contributed by atoms with Crippen LogP contribution in [-0.4, -0.2) is 79.1 Å². The summed E-state index contributed by atoms with van der Waals surface area (Å²) in [6.45, 7) is 12.6. The Morgan fingerprint density at radius 1 is 1.23 bits per heavy atom. The summed E-state index contributed by atoms with van der Waals surface area (Å²) in [7, 11) is 1.75. The van der Waals surface area contributed by atoms with Crippen molar-refractivity contribution in [1.29, 1.82) is 5.26 Å². The zero-order valence-electron chi connectivity index (χ0n) is 23.6. The maximum Gasteiger partial charge on any atom is 0.128 e. The normalized spacial score (nSPS) is 23.4. The van der Waals surface area contributed by atoms with Gasteiger partial charge in [-0.2, -0.15) is 5.26 Å². The summed E-state index contributed by atoms with van der Waals surface area (Å²) in [5, 5.41) is 9.68. The van der Waals surface area contributed by atoms with Crippen LogP contribution in [0.15, 0.2) is 65.7 Å². The van der Waals surface area contributed by atoms with E-state index in [4.69, 9.17) is 15.5 Å². The number of hydrogen-bond acceptors (Lipinski definition) is 9. The molecular weight excluding hydrogens is 500 g/mol. The molecular formula is C31H38N8O.